The van der Waals surface area contributed by atoms with Gasteiger partial charge in [0.05, 0.1) is 13.0 Å². The average molecular weight is 260 g/mol. The van der Waals surface area contributed by atoms with Crippen LogP contribution in [-0.4, -0.2) is 13.1 Å². The molecule has 2 rings (SSSR count). The Bertz CT molecular complexity index is 451. The highest BCUT2D eigenvalue weighted by molar-refractivity contribution is 5.75. The minimum absolute atomic E-state index is 0.0250. The Hall–Kier alpha value is -1.31. The molecule has 1 aromatic carbocycles. The van der Waals surface area contributed by atoms with Gasteiger partial charge in [0.1, 0.15) is 0 Å². The molecule has 0 heterocycles. The van der Waals surface area contributed by atoms with Gasteiger partial charge in [0, 0.05) is 0 Å². The van der Waals surface area contributed by atoms with Crippen molar-refractivity contribution < 1.29 is 9.53 Å². The van der Waals surface area contributed by atoms with Gasteiger partial charge < -0.3 is 4.74 Å². The van der Waals surface area contributed by atoms with Crippen LogP contribution >= 0.6 is 0 Å². The molecule has 1 aromatic rings. The molecular formula is C17H24O2. The molecule has 0 amide bonds. The maximum atomic E-state index is 11.4. The zero-order chi connectivity index (χ0) is 13.8. The van der Waals surface area contributed by atoms with E-state index in [-0.39, 0.29) is 11.9 Å². The fourth-order valence-electron chi connectivity index (χ4n) is 2.82. The van der Waals surface area contributed by atoms with Crippen LogP contribution in [0, 0.1) is 11.8 Å². The third kappa shape index (κ3) is 3.37. The lowest BCUT2D eigenvalue weighted by Crippen LogP contribution is -2.05. The molecule has 1 fully saturated rings. The Morgan fingerprint density at radius 2 is 2.05 bits per heavy atom. The fraction of sp³-hybridized carbons (Fsp3) is 0.588. The number of hydrogen-bond acceptors (Lipinski definition) is 2. The molecule has 0 aromatic heterocycles. The monoisotopic (exact) mass is 260 g/mol. The van der Waals surface area contributed by atoms with Crippen molar-refractivity contribution in [2.24, 2.45) is 11.8 Å². The number of carbonyl (C=O) groups excluding carboxylic acids is 1. The normalized spacial score (nSPS) is 21.2. The van der Waals surface area contributed by atoms with Gasteiger partial charge in [-0.2, -0.15) is 0 Å². The molecule has 1 aliphatic rings. The Morgan fingerprint density at radius 3 is 2.68 bits per heavy atom. The zero-order valence-corrected chi connectivity index (χ0v) is 12.2. The number of hydrogen-bond donors (Lipinski definition) is 0. The van der Waals surface area contributed by atoms with Crippen molar-refractivity contribution in [1.82, 2.24) is 0 Å². The van der Waals surface area contributed by atoms with Crippen LogP contribution < -0.4 is 0 Å². The van der Waals surface area contributed by atoms with Gasteiger partial charge in [-0.05, 0) is 54.7 Å². The summed E-state index contributed by atoms with van der Waals surface area (Å²) in [6, 6.07) is 6.84. The molecule has 0 aliphatic heterocycles. The summed E-state index contributed by atoms with van der Waals surface area (Å²) in [5, 5.41) is 0. The van der Waals surface area contributed by atoms with Gasteiger partial charge in [0.2, 0.25) is 0 Å². The van der Waals surface area contributed by atoms with Gasteiger partial charge in [0.15, 0.2) is 0 Å². The predicted octanol–water partition coefficient (Wildman–Crippen LogP) is 3.55. The molecule has 0 bridgehead atoms. The van der Waals surface area contributed by atoms with Crippen LogP contribution in [0.15, 0.2) is 18.2 Å². The van der Waals surface area contributed by atoms with E-state index in [9.17, 15) is 4.79 Å². The molecule has 0 saturated heterocycles. The van der Waals surface area contributed by atoms with Gasteiger partial charge in [-0.15, -0.1) is 0 Å². The fourth-order valence-corrected chi connectivity index (χ4v) is 2.82. The second kappa shape index (κ2) is 6.23. The molecule has 1 saturated carbocycles. The van der Waals surface area contributed by atoms with Crippen molar-refractivity contribution in [3.63, 3.8) is 0 Å². The third-order valence-corrected chi connectivity index (χ3v) is 4.27. The van der Waals surface area contributed by atoms with Crippen LogP contribution in [0.25, 0.3) is 0 Å². The maximum Gasteiger partial charge on any atom is 0.308 e. The van der Waals surface area contributed by atoms with E-state index in [0.717, 1.165) is 32.1 Å². The molecule has 2 heteroatoms. The SMILES string of the molecule is CCc1ccc(CC)c(CCC2CC2C(=O)OC)c1. The number of esters is 1. The van der Waals surface area contributed by atoms with Crippen molar-refractivity contribution in [3.05, 3.63) is 34.9 Å². The van der Waals surface area contributed by atoms with Crippen LogP contribution in [0.2, 0.25) is 0 Å². The molecule has 1 aliphatic carbocycles. The number of ether oxygens (including phenoxy) is 1. The average Bonchev–Trinajstić information content (AvgIpc) is 3.23. The van der Waals surface area contributed by atoms with E-state index in [1.165, 1.54) is 23.8 Å². The molecule has 2 unspecified atom stereocenters. The zero-order valence-electron chi connectivity index (χ0n) is 12.2. The molecule has 2 atom stereocenters. The van der Waals surface area contributed by atoms with E-state index in [2.05, 4.69) is 32.0 Å². The van der Waals surface area contributed by atoms with Crippen molar-refractivity contribution >= 4 is 5.97 Å². The maximum absolute atomic E-state index is 11.4. The van der Waals surface area contributed by atoms with Gasteiger partial charge >= 0.3 is 5.97 Å². The summed E-state index contributed by atoms with van der Waals surface area (Å²) in [6.45, 7) is 4.40. The standard InChI is InChI=1S/C17H24O2/c1-4-12-6-7-13(5-2)14(10-12)8-9-15-11-16(15)17(18)19-3/h6-7,10,15-16H,4-5,8-9,11H2,1-3H3. The molecule has 0 spiro atoms. The van der Waals surface area contributed by atoms with Gasteiger partial charge in [-0.1, -0.05) is 32.0 Å². The quantitative estimate of drug-likeness (QED) is 0.731. The Labute approximate surface area is 116 Å². The number of benzene rings is 1. The lowest BCUT2D eigenvalue weighted by atomic mass is 9.96. The first-order chi connectivity index (χ1) is 9.19. The summed E-state index contributed by atoms with van der Waals surface area (Å²) in [4.78, 5) is 11.4. The van der Waals surface area contributed by atoms with E-state index in [1.807, 2.05) is 0 Å². The second-order valence-corrected chi connectivity index (χ2v) is 5.47. The minimum atomic E-state index is -0.0250. The van der Waals surface area contributed by atoms with Crippen molar-refractivity contribution in [2.45, 2.75) is 46.0 Å². The molecule has 2 nitrogen and oxygen atoms in total. The van der Waals surface area contributed by atoms with Gasteiger partial charge in [-0.3, -0.25) is 4.79 Å². The topological polar surface area (TPSA) is 26.3 Å². The summed E-state index contributed by atoms with van der Waals surface area (Å²) in [6.07, 6.45) is 5.40. The summed E-state index contributed by atoms with van der Waals surface area (Å²) in [7, 11) is 1.48. The van der Waals surface area contributed by atoms with Crippen LogP contribution in [0.4, 0.5) is 0 Å². The summed E-state index contributed by atoms with van der Waals surface area (Å²) >= 11 is 0. The Morgan fingerprint density at radius 1 is 1.26 bits per heavy atom. The second-order valence-electron chi connectivity index (χ2n) is 5.47. The van der Waals surface area contributed by atoms with E-state index in [1.54, 1.807) is 0 Å². The summed E-state index contributed by atoms with van der Waals surface area (Å²) in [5.74, 6) is 0.690. The van der Waals surface area contributed by atoms with Crippen molar-refractivity contribution in [2.75, 3.05) is 7.11 Å². The van der Waals surface area contributed by atoms with Crippen LogP contribution in [-0.2, 0) is 28.8 Å². The summed E-state index contributed by atoms with van der Waals surface area (Å²) in [5.41, 5.74) is 4.33. The van der Waals surface area contributed by atoms with E-state index < -0.39 is 0 Å². The predicted molar refractivity (Wildman–Crippen MR) is 77.1 cm³/mol. The molecule has 0 radical (unpaired) electrons. The largest absolute Gasteiger partial charge is 0.469 e. The minimum Gasteiger partial charge on any atom is -0.469 e. The highest BCUT2D eigenvalue weighted by Gasteiger charge is 2.43. The van der Waals surface area contributed by atoms with Gasteiger partial charge in [-0.25, -0.2) is 0 Å². The Kier molecular flexibility index (Phi) is 4.62. The van der Waals surface area contributed by atoms with Gasteiger partial charge in [0.25, 0.3) is 0 Å². The first kappa shape index (κ1) is 14.1. The molecule has 104 valence electrons. The highest BCUT2D eigenvalue weighted by Crippen LogP contribution is 2.42. The number of rotatable bonds is 6. The third-order valence-electron chi connectivity index (χ3n) is 4.27. The van der Waals surface area contributed by atoms with E-state index in [4.69, 9.17) is 4.74 Å². The van der Waals surface area contributed by atoms with Crippen molar-refractivity contribution in [3.8, 4) is 0 Å². The number of methoxy groups -OCH3 is 1. The first-order valence-corrected chi connectivity index (χ1v) is 7.38. The van der Waals surface area contributed by atoms with Crippen LogP contribution in [0.1, 0.15) is 43.4 Å². The van der Waals surface area contributed by atoms with Crippen molar-refractivity contribution in [1.29, 1.82) is 0 Å². The van der Waals surface area contributed by atoms with Crippen LogP contribution in [0.3, 0.4) is 0 Å². The molecule has 19 heavy (non-hydrogen) atoms. The first-order valence-electron chi connectivity index (χ1n) is 7.38. The van der Waals surface area contributed by atoms with Crippen LogP contribution in [0.5, 0.6) is 0 Å². The smallest absolute Gasteiger partial charge is 0.308 e. The van der Waals surface area contributed by atoms with E-state index >= 15 is 0 Å². The lowest BCUT2D eigenvalue weighted by Gasteiger charge is -2.10. The molecule has 0 N–H and O–H groups in total. The lowest BCUT2D eigenvalue weighted by molar-refractivity contribution is -0.142. The van der Waals surface area contributed by atoms with E-state index in [0.29, 0.717) is 5.92 Å². The Balaban J connectivity index is 1.94. The highest BCUT2D eigenvalue weighted by atomic mass is 16.5. The number of aryl methyl sites for hydroxylation is 3. The molecular weight excluding hydrogens is 236 g/mol. The number of carbonyl (C=O) groups is 1. The summed E-state index contributed by atoms with van der Waals surface area (Å²) < 4.78 is 4.80.